The van der Waals surface area contributed by atoms with Gasteiger partial charge in [-0.1, -0.05) is 12.1 Å². The van der Waals surface area contributed by atoms with Crippen molar-refractivity contribution in [3.63, 3.8) is 0 Å². The van der Waals surface area contributed by atoms with Crippen LogP contribution in [0.5, 0.6) is 0 Å². The second-order valence-corrected chi connectivity index (χ2v) is 5.04. The average Bonchev–Trinajstić information content (AvgIpc) is 2.49. The van der Waals surface area contributed by atoms with Gasteiger partial charge >= 0.3 is 0 Å². The zero-order valence-corrected chi connectivity index (χ0v) is 12.2. The van der Waals surface area contributed by atoms with Crippen LogP contribution in [0.2, 0.25) is 0 Å². The van der Waals surface area contributed by atoms with Gasteiger partial charge in [0.1, 0.15) is 5.82 Å². The Hall–Kier alpha value is -2.71. The molecule has 2 rings (SSSR count). The van der Waals surface area contributed by atoms with Gasteiger partial charge in [-0.05, 0) is 49.0 Å². The van der Waals surface area contributed by atoms with Crippen LogP contribution in [0, 0.1) is 17.1 Å². The summed E-state index contributed by atoms with van der Waals surface area (Å²) >= 11 is 0. The molecule has 22 heavy (non-hydrogen) atoms. The van der Waals surface area contributed by atoms with Crippen molar-refractivity contribution in [2.24, 2.45) is 0 Å². The molecule has 0 unspecified atom stereocenters. The minimum atomic E-state index is -0.340. The van der Waals surface area contributed by atoms with E-state index in [4.69, 9.17) is 5.26 Å². The molecule has 0 spiro atoms. The monoisotopic (exact) mass is 297 g/mol. The molecule has 0 bridgehead atoms. The molecule has 0 aliphatic carbocycles. The maximum Gasteiger partial charge on any atom is 0.238 e. The molecule has 2 aromatic carbocycles. The maximum atomic E-state index is 12.8. The predicted molar refractivity (Wildman–Crippen MR) is 82.5 cm³/mol. The van der Waals surface area contributed by atoms with E-state index in [1.54, 1.807) is 12.1 Å². The van der Waals surface area contributed by atoms with E-state index in [1.165, 1.54) is 24.3 Å². The van der Waals surface area contributed by atoms with Crippen molar-refractivity contribution in [1.29, 1.82) is 5.26 Å². The first kappa shape index (κ1) is 15.7. The summed E-state index contributed by atoms with van der Waals surface area (Å²) in [6, 6.07) is 15.0. The van der Waals surface area contributed by atoms with Crippen LogP contribution in [-0.4, -0.2) is 24.4 Å². The first-order valence-electron chi connectivity index (χ1n) is 6.80. The minimum Gasteiger partial charge on any atom is -0.325 e. The van der Waals surface area contributed by atoms with Crippen LogP contribution >= 0.6 is 0 Å². The fraction of sp³-hybridized carbons (Fsp3) is 0.176. The van der Waals surface area contributed by atoms with Gasteiger partial charge in [0.2, 0.25) is 5.91 Å². The highest BCUT2D eigenvalue weighted by Gasteiger charge is 2.08. The number of benzene rings is 2. The average molecular weight is 297 g/mol. The van der Waals surface area contributed by atoms with Gasteiger partial charge < -0.3 is 5.32 Å². The van der Waals surface area contributed by atoms with Crippen LogP contribution in [0.15, 0.2) is 48.5 Å². The largest absolute Gasteiger partial charge is 0.325 e. The highest BCUT2D eigenvalue weighted by Crippen LogP contribution is 2.09. The Labute approximate surface area is 128 Å². The second kappa shape index (κ2) is 7.34. The molecule has 0 fully saturated rings. The van der Waals surface area contributed by atoms with Gasteiger partial charge in [0.25, 0.3) is 0 Å². The molecular formula is C17H16FN3O. The molecule has 4 nitrogen and oxygen atoms in total. The fourth-order valence-electron chi connectivity index (χ4n) is 2.09. The van der Waals surface area contributed by atoms with Gasteiger partial charge in [0.15, 0.2) is 0 Å². The Bertz CT molecular complexity index is 692. The zero-order chi connectivity index (χ0) is 15.9. The molecule has 0 aliphatic heterocycles. The van der Waals surface area contributed by atoms with Crippen molar-refractivity contribution in [3.05, 3.63) is 65.5 Å². The van der Waals surface area contributed by atoms with Crippen LogP contribution in [-0.2, 0) is 11.3 Å². The van der Waals surface area contributed by atoms with Crippen molar-refractivity contribution >= 4 is 11.6 Å². The molecule has 1 amide bonds. The van der Waals surface area contributed by atoms with E-state index in [0.29, 0.717) is 17.8 Å². The normalized spacial score (nSPS) is 10.3. The summed E-state index contributed by atoms with van der Waals surface area (Å²) in [7, 11) is 1.82. The smallest absolute Gasteiger partial charge is 0.238 e. The van der Waals surface area contributed by atoms with Gasteiger partial charge in [0.05, 0.1) is 18.2 Å². The Kier molecular flexibility index (Phi) is 5.23. The molecule has 0 saturated carbocycles. The number of carbonyl (C=O) groups is 1. The lowest BCUT2D eigenvalue weighted by atomic mass is 10.1. The standard InChI is InChI=1S/C17H16FN3O/c1-21(11-14-4-2-3-13(9-14)10-19)12-17(22)20-16-7-5-15(18)6-8-16/h2-9H,11-12H2,1H3,(H,20,22). The number of nitriles is 1. The van der Waals surface area contributed by atoms with Gasteiger partial charge in [-0.3, -0.25) is 9.69 Å². The lowest BCUT2D eigenvalue weighted by Crippen LogP contribution is -2.29. The second-order valence-electron chi connectivity index (χ2n) is 5.04. The molecule has 112 valence electrons. The Morgan fingerprint density at radius 3 is 2.68 bits per heavy atom. The van der Waals surface area contributed by atoms with Gasteiger partial charge in [-0.2, -0.15) is 5.26 Å². The Morgan fingerprint density at radius 2 is 2.00 bits per heavy atom. The number of nitrogens with one attached hydrogen (secondary N) is 1. The maximum absolute atomic E-state index is 12.8. The first-order chi connectivity index (χ1) is 10.6. The van der Waals surface area contributed by atoms with Crippen LogP contribution < -0.4 is 5.32 Å². The summed E-state index contributed by atoms with van der Waals surface area (Å²) in [6.07, 6.45) is 0. The zero-order valence-electron chi connectivity index (χ0n) is 12.2. The highest BCUT2D eigenvalue weighted by atomic mass is 19.1. The van der Waals surface area contributed by atoms with E-state index in [2.05, 4.69) is 11.4 Å². The number of likely N-dealkylation sites (N-methyl/N-ethyl adjacent to an activating group) is 1. The Morgan fingerprint density at radius 1 is 1.27 bits per heavy atom. The van der Waals surface area contributed by atoms with E-state index < -0.39 is 0 Å². The van der Waals surface area contributed by atoms with Crippen LogP contribution in [0.25, 0.3) is 0 Å². The van der Waals surface area contributed by atoms with Crippen molar-refractivity contribution in [2.75, 3.05) is 18.9 Å². The molecule has 0 aromatic heterocycles. The molecule has 0 atom stereocenters. The van der Waals surface area contributed by atoms with Crippen molar-refractivity contribution in [1.82, 2.24) is 4.90 Å². The molecule has 1 N–H and O–H groups in total. The quantitative estimate of drug-likeness (QED) is 0.923. The summed E-state index contributed by atoms with van der Waals surface area (Å²) in [5.74, 6) is -0.516. The molecule has 0 radical (unpaired) electrons. The van der Waals surface area contributed by atoms with E-state index in [0.717, 1.165) is 5.56 Å². The van der Waals surface area contributed by atoms with Crippen LogP contribution in [0.4, 0.5) is 10.1 Å². The third-order valence-electron chi connectivity index (χ3n) is 3.05. The number of halogens is 1. The van der Waals surface area contributed by atoms with Crippen LogP contribution in [0.3, 0.4) is 0 Å². The van der Waals surface area contributed by atoms with Crippen molar-refractivity contribution in [3.8, 4) is 6.07 Å². The fourth-order valence-corrected chi connectivity index (χ4v) is 2.09. The number of carbonyl (C=O) groups excluding carboxylic acids is 1. The van der Waals surface area contributed by atoms with E-state index in [-0.39, 0.29) is 18.3 Å². The predicted octanol–water partition coefficient (Wildman–Crippen LogP) is 2.77. The molecule has 0 heterocycles. The third-order valence-corrected chi connectivity index (χ3v) is 3.05. The number of rotatable bonds is 5. The first-order valence-corrected chi connectivity index (χ1v) is 6.80. The number of hydrogen-bond acceptors (Lipinski definition) is 3. The van der Waals surface area contributed by atoms with Crippen LogP contribution in [0.1, 0.15) is 11.1 Å². The topological polar surface area (TPSA) is 56.1 Å². The summed E-state index contributed by atoms with van der Waals surface area (Å²) in [4.78, 5) is 13.8. The Balaban J connectivity index is 1.88. The SMILES string of the molecule is CN(CC(=O)Nc1ccc(F)cc1)Cc1cccc(C#N)c1. The summed E-state index contributed by atoms with van der Waals surface area (Å²) in [6.45, 7) is 0.764. The molecule has 2 aromatic rings. The molecule has 0 aliphatic rings. The number of hydrogen-bond donors (Lipinski definition) is 1. The lowest BCUT2D eigenvalue weighted by molar-refractivity contribution is -0.117. The van der Waals surface area contributed by atoms with E-state index in [9.17, 15) is 9.18 Å². The minimum absolute atomic E-state index is 0.175. The van der Waals surface area contributed by atoms with E-state index in [1.807, 2.05) is 24.1 Å². The lowest BCUT2D eigenvalue weighted by Gasteiger charge is -2.16. The summed E-state index contributed by atoms with van der Waals surface area (Å²) < 4.78 is 12.8. The number of nitrogens with zero attached hydrogens (tertiary/aromatic N) is 2. The van der Waals surface area contributed by atoms with Crippen molar-refractivity contribution in [2.45, 2.75) is 6.54 Å². The number of amides is 1. The third kappa shape index (κ3) is 4.69. The molecule has 0 saturated heterocycles. The molecule has 5 heteroatoms. The number of anilines is 1. The molecular weight excluding hydrogens is 281 g/mol. The van der Waals surface area contributed by atoms with Gasteiger partial charge in [-0.15, -0.1) is 0 Å². The summed E-state index contributed by atoms with van der Waals surface area (Å²) in [5.41, 5.74) is 2.13. The van der Waals surface area contributed by atoms with E-state index >= 15 is 0 Å². The van der Waals surface area contributed by atoms with Gasteiger partial charge in [0, 0.05) is 12.2 Å². The highest BCUT2D eigenvalue weighted by molar-refractivity contribution is 5.92. The van der Waals surface area contributed by atoms with Crippen molar-refractivity contribution < 1.29 is 9.18 Å². The summed E-state index contributed by atoms with van der Waals surface area (Å²) in [5, 5.41) is 11.6. The van der Waals surface area contributed by atoms with Gasteiger partial charge in [-0.25, -0.2) is 4.39 Å².